The van der Waals surface area contributed by atoms with Crippen LogP contribution in [0.15, 0.2) is 6.20 Å². The SMILES string of the molecule is CC1Cn2ncc(N3CC(CO[Si](C)(C)C(C)(C)C)(C(N)=O)CC3=O)c2CN1C(=O)OC(C)(C)C. The van der Waals surface area contributed by atoms with E-state index < -0.39 is 31.3 Å². The minimum atomic E-state index is -2.16. The molecule has 3 heterocycles. The van der Waals surface area contributed by atoms with E-state index in [4.69, 9.17) is 14.9 Å². The molecule has 2 unspecified atom stereocenters. The van der Waals surface area contributed by atoms with Crippen LogP contribution in [0.3, 0.4) is 0 Å². The Bertz CT molecular complexity index is 1010. The average Bonchev–Trinajstić information content (AvgIpc) is 3.24. The number of nitrogens with zero attached hydrogens (tertiary/aromatic N) is 4. The third-order valence-electron chi connectivity index (χ3n) is 7.42. The van der Waals surface area contributed by atoms with Gasteiger partial charge in [-0.15, -0.1) is 0 Å². The van der Waals surface area contributed by atoms with E-state index in [1.807, 2.05) is 32.4 Å². The number of amides is 3. The van der Waals surface area contributed by atoms with E-state index in [1.165, 1.54) is 0 Å². The van der Waals surface area contributed by atoms with Gasteiger partial charge in [0.2, 0.25) is 11.8 Å². The monoisotopic (exact) mass is 507 g/mol. The molecule has 0 bridgehead atoms. The summed E-state index contributed by atoms with van der Waals surface area (Å²) in [5.41, 5.74) is 5.44. The summed E-state index contributed by atoms with van der Waals surface area (Å²) >= 11 is 0. The van der Waals surface area contributed by atoms with Gasteiger partial charge in [0.05, 0.1) is 48.7 Å². The molecular weight excluding hydrogens is 466 g/mol. The van der Waals surface area contributed by atoms with E-state index in [0.717, 1.165) is 5.69 Å². The topological polar surface area (TPSA) is 120 Å². The summed E-state index contributed by atoms with van der Waals surface area (Å²) in [6, 6.07) is -0.123. The molecule has 1 saturated heterocycles. The van der Waals surface area contributed by atoms with Crippen molar-refractivity contribution in [1.82, 2.24) is 14.7 Å². The molecule has 2 aliphatic heterocycles. The molecule has 2 atom stereocenters. The number of carbonyl (C=O) groups is 3. The second-order valence-electron chi connectivity index (χ2n) is 12.5. The zero-order valence-electron chi connectivity index (χ0n) is 22.6. The van der Waals surface area contributed by atoms with Crippen molar-refractivity contribution >= 4 is 31.9 Å². The van der Waals surface area contributed by atoms with Gasteiger partial charge < -0.3 is 19.8 Å². The number of rotatable bonds is 5. The first-order valence-corrected chi connectivity index (χ1v) is 15.1. The molecule has 0 aromatic carbocycles. The molecule has 11 heteroatoms. The molecule has 2 aliphatic rings. The predicted molar refractivity (Wildman–Crippen MR) is 135 cm³/mol. The molecule has 196 valence electrons. The number of hydrogen-bond acceptors (Lipinski definition) is 6. The fourth-order valence-corrected chi connectivity index (χ4v) is 5.17. The summed E-state index contributed by atoms with van der Waals surface area (Å²) in [5.74, 6) is -0.752. The van der Waals surface area contributed by atoms with Crippen molar-refractivity contribution in [3.63, 3.8) is 0 Å². The van der Waals surface area contributed by atoms with Gasteiger partial charge in [0.1, 0.15) is 5.60 Å². The predicted octanol–water partition coefficient (Wildman–Crippen LogP) is 3.25. The van der Waals surface area contributed by atoms with Crippen LogP contribution in [0.2, 0.25) is 18.1 Å². The molecule has 1 aromatic heterocycles. The normalized spacial score (nSPS) is 23.5. The van der Waals surface area contributed by atoms with E-state index in [0.29, 0.717) is 12.2 Å². The molecule has 35 heavy (non-hydrogen) atoms. The Labute approximate surface area is 209 Å². The highest BCUT2D eigenvalue weighted by molar-refractivity contribution is 6.74. The van der Waals surface area contributed by atoms with E-state index in [9.17, 15) is 14.4 Å². The zero-order valence-corrected chi connectivity index (χ0v) is 23.6. The Morgan fingerprint density at radius 3 is 2.40 bits per heavy atom. The van der Waals surface area contributed by atoms with Gasteiger partial charge in [-0.2, -0.15) is 5.10 Å². The summed E-state index contributed by atoms with van der Waals surface area (Å²) < 4.78 is 13.7. The number of fused-ring (bicyclic) bond motifs is 1. The lowest BCUT2D eigenvalue weighted by Crippen LogP contribution is -2.49. The maximum Gasteiger partial charge on any atom is 0.410 e. The van der Waals surface area contributed by atoms with Gasteiger partial charge in [-0.05, 0) is 45.8 Å². The van der Waals surface area contributed by atoms with E-state index in [1.54, 1.807) is 16.0 Å². The number of nitrogens with two attached hydrogens (primary N) is 1. The number of primary amides is 1. The van der Waals surface area contributed by atoms with Gasteiger partial charge in [0.15, 0.2) is 8.32 Å². The molecule has 0 aliphatic carbocycles. The average molecular weight is 508 g/mol. The summed E-state index contributed by atoms with van der Waals surface area (Å²) in [6.45, 7) is 19.0. The van der Waals surface area contributed by atoms with Gasteiger partial charge in [0, 0.05) is 13.0 Å². The standard InChI is InChI=1S/C24H41N5O5Si/c1-16-12-29-18(13-27(16)21(32)34-22(2,3)4)17(11-26-29)28-14-24(20(25)31,10-19(28)30)15-33-35(8,9)23(5,6)7/h11,16H,10,12-15H2,1-9H3,(H2,25,31). The van der Waals surface area contributed by atoms with Crippen LogP contribution in [0, 0.1) is 5.41 Å². The molecule has 1 fully saturated rings. The highest BCUT2D eigenvalue weighted by Crippen LogP contribution is 2.41. The lowest BCUT2D eigenvalue weighted by molar-refractivity contribution is -0.130. The molecule has 0 spiro atoms. The lowest BCUT2D eigenvalue weighted by atomic mass is 9.87. The first-order valence-electron chi connectivity index (χ1n) is 12.2. The largest absolute Gasteiger partial charge is 0.444 e. The van der Waals surface area contributed by atoms with Gasteiger partial charge in [0.25, 0.3) is 0 Å². The number of aromatic nitrogens is 2. The van der Waals surface area contributed by atoms with Crippen molar-refractivity contribution < 1.29 is 23.5 Å². The Kier molecular flexibility index (Phi) is 6.93. The van der Waals surface area contributed by atoms with Crippen LogP contribution in [0.1, 0.15) is 60.6 Å². The summed E-state index contributed by atoms with van der Waals surface area (Å²) in [5, 5.41) is 4.43. The van der Waals surface area contributed by atoms with Crippen LogP contribution in [0.25, 0.3) is 0 Å². The maximum absolute atomic E-state index is 13.2. The van der Waals surface area contributed by atoms with Crippen molar-refractivity contribution in [2.45, 2.75) is 97.8 Å². The van der Waals surface area contributed by atoms with Crippen LogP contribution in [0.4, 0.5) is 10.5 Å². The third kappa shape index (κ3) is 5.40. The van der Waals surface area contributed by atoms with Gasteiger partial charge >= 0.3 is 6.09 Å². The quantitative estimate of drug-likeness (QED) is 0.611. The minimum Gasteiger partial charge on any atom is -0.444 e. The maximum atomic E-state index is 13.2. The number of hydrogen-bond donors (Lipinski definition) is 1. The number of ether oxygens (including phenoxy) is 1. The van der Waals surface area contributed by atoms with E-state index in [2.05, 4.69) is 39.0 Å². The Morgan fingerprint density at radius 1 is 1.23 bits per heavy atom. The van der Waals surface area contributed by atoms with Crippen molar-refractivity contribution in [3.8, 4) is 0 Å². The molecule has 0 radical (unpaired) electrons. The molecule has 1 aromatic rings. The van der Waals surface area contributed by atoms with Crippen molar-refractivity contribution in [3.05, 3.63) is 11.9 Å². The summed E-state index contributed by atoms with van der Waals surface area (Å²) in [4.78, 5) is 41.9. The Hall–Kier alpha value is -2.40. The molecular formula is C24H41N5O5Si. The highest BCUT2D eigenvalue weighted by atomic mass is 28.4. The molecule has 3 rings (SSSR count). The molecule has 2 N–H and O–H groups in total. The zero-order chi connectivity index (χ0) is 26.6. The fourth-order valence-electron chi connectivity index (χ4n) is 4.10. The summed E-state index contributed by atoms with van der Waals surface area (Å²) in [7, 11) is -2.16. The minimum absolute atomic E-state index is 0.0201. The van der Waals surface area contributed by atoms with Crippen LogP contribution >= 0.6 is 0 Å². The Morgan fingerprint density at radius 2 is 1.86 bits per heavy atom. The third-order valence-corrected chi connectivity index (χ3v) is 11.9. The van der Waals surface area contributed by atoms with Crippen LogP contribution < -0.4 is 10.6 Å². The lowest BCUT2D eigenvalue weighted by Gasteiger charge is -2.39. The van der Waals surface area contributed by atoms with E-state index in [-0.39, 0.29) is 43.1 Å². The first-order chi connectivity index (χ1) is 15.9. The molecule has 0 saturated carbocycles. The highest BCUT2D eigenvalue weighted by Gasteiger charge is 2.51. The van der Waals surface area contributed by atoms with Crippen molar-refractivity contribution in [1.29, 1.82) is 0 Å². The number of carbonyl (C=O) groups excluding carboxylic acids is 3. The van der Waals surface area contributed by atoms with Gasteiger partial charge in [-0.3, -0.25) is 19.2 Å². The molecule has 10 nitrogen and oxygen atoms in total. The second kappa shape index (κ2) is 8.92. The van der Waals surface area contributed by atoms with Crippen molar-refractivity contribution in [2.75, 3.05) is 18.1 Å². The van der Waals surface area contributed by atoms with Crippen LogP contribution in [-0.4, -0.2) is 65.7 Å². The number of anilines is 1. The second-order valence-corrected chi connectivity index (χ2v) is 17.3. The van der Waals surface area contributed by atoms with Crippen LogP contribution in [-0.2, 0) is 31.8 Å². The van der Waals surface area contributed by atoms with Gasteiger partial charge in [-0.25, -0.2) is 4.79 Å². The Balaban J connectivity index is 1.85. The fraction of sp³-hybridized carbons (Fsp3) is 0.750. The van der Waals surface area contributed by atoms with Crippen molar-refractivity contribution in [2.24, 2.45) is 11.1 Å². The molecule has 3 amide bonds. The van der Waals surface area contributed by atoms with Gasteiger partial charge in [-0.1, -0.05) is 20.8 Å². The first kappa shape index (κ1) is 27.2. The van der Waals surface area contributed by atoms with Crippen LogP contribution in [0.5, 0.6) is 0 Å². The summed E-state index contributed by atoms with van der Waals surface area (Å²) in [6.07, 6.45) is 1.20. The van der Waals surface area contributed by atoms with E-state index >= 15 is 0 Å². The smallest absolute Gasteiger partial charge is 0.410 e.